The van der Waals surface area contributed by atoms with Gasteiger partial charge in [-0.2, -0.15) is 0 Å². The van der Waals surface area contributed by atoms with E-state index in [1.54, 1.807) is 6.26 Å². The molecule has 2 aromatic rings. The van der Waals surface area contributed by atoms with E-state index in [2.05, 4.69) is 53.7 Å². The van der Waals surface area contributed by atoms with E-state index in [-0.39, 0.29) is 24.0 Å². The van der Waals surface area contributed by atoms with Crippen LogP contribution in [0.15, 0.2) is 52.1 Å². The summed E-state index contributed by atoms with van der Waals surface area (Å²) >= 11 is 0. The van der Waals surface area contributed by atoms with E-state index in [1.165, 1.54) is 11.1 Å². The van der Waals surface area contributed by atoms with Crippen LogP contribution in [0.1, 0.15) is 30.7 Å². The van der Waals surface area contributed by atoms with Crippen molar-refractivity contribution >= 4 is 29.9 Å². The Labute approximate surface area is 155 Å². The van der Waals surface area contributed by atoms with E-state index >= 15 is 0 Å². The average molecular weight is 427 g/mol. The Balaban J connectivity index is 0.00000264. The molecule has 0 bridgehead atoms. The standard InChI is InChI=1S/C18H25N3O.HI/c1-3-15-8-5-6-9-16(15)14-21-18(19-4-2)20-12-11-17-10-7-13-22-17;/h5-10,13H,3-4,11-12,14H2,1-2H3,(H2,19,20,21);1H. The molecule has 0 atom stereocenters. The van der Waals surface area contributed by atoms with Crippen LogP contribution in [0.2, 0.25) is 0 Å². The van der Waals surface area contributed by atoms with Crippen molar-refractivity contribution in [2.45, 2.75) is 33.2 Å². The maximum absolute atomic E-state index is 5.33. The van der Waals surface area contributed by atoms with Gasteiger partial charge in [-0.1, -0.05) is 31.2 Å². The number of aliphatic imine (C=N–C) groups is 1. The van der Waals surface area contributed by atoms with Crippen LogP contribution < -0.4 is 10.6 Å². The normalized spacial score (nSPS) is 11.0. The molecule has 4 nitrogen and oxygen atoms in total. The highest BCUT2D eigenvalue weighted by atomic mass is 127. The smallest absolute Gasteiger partial charge is 0.191 e. The monoisotopic (exact) mass is 427 g/mol. The van der Waals surface area contributed by atoms with E-state index in [1.807, 2.05) is 12.1 Å². The summed E-state index contributed by atoms with van der Waals surface area (Å²) in [5.74, 6) is 1.83. The van der Waals surface area contributed by atoms with Gasteiger partial charge in [-0.25, -0.2) is 4.99 Å². The highest BCUT2D eigenvalue weighted by Gasteiger charge is 2.02. The molecule has 23 heavy (non-hydrogen) atoms. The van der Waals surface area contributed by atoms with Crippen molar-refractivity contribution < 1.29 is 4.42 Å². The van der Waals surface area contributed by atoms with Crippen molar-refractivity contribution in [3.05, 3.63) is 59.5 Å². The molecule has 1 aromatic heterocycles. The molecule has 0 unspecified atom stereocenters. The van der Waals surface area contributed by atoms with Gasteiger partial charge in [-0.15, -0.1) is 24.0 Å². The van der Waals surface area contributed by atoms with Gasteiger partial charge in [-0.3, -0.25) is 0 Å². The first-order valence-electron chi connectivity index (χ1n) is 7.94. The summed E-state index contributed by atoms with van der Waals surface area (Å²) in [5, 5.41) is 6.62. The lowest BCUT2D eigenvalue weighted by Crippen LogP contribution is -2.38. The molecule has 0 aliphatic rings. The van der Waals surface area contributed by atoms with Crippen LogP contribution in [0.25, 0.3) is 0 Å². The zero-order valence-electron chi connectivity index (χ0n) is 13.8. The van der Waals surface area contributed by atoms with Crippen molar-refractivity contribution in [3.63, 3.8) is 0 Å². The molecule has 0 amide bonds. The number of halogens is 1. The van der Waals surface area contributed by atoms with Gasteiger partial charge in [0, 0.05) is 19.5 Å². The largest absolute Gasteiger partial charge is 0.469 e. The number of rotatable bonds is 7. The number of benzene rings is 1. The molecule has 0 aliphatic carbocycles. The lowest BCUT2D eigenvalue weighted by molar-refractivity contribution is 0.507. The van der Waals surface area contributed by atoms with E-state index in [4.69, 9.17) is 4.42 Å². The van der Waals surface area contributed by atoms with Gasteiger partial charge < -0.3 is 15.1 Å². The van der Waals surface area contributed by atoms with Gasteiger partial charge in [-0.05, 0) is 36.6 Å². The fourth-order valence-corrected chi connectivity index (χ4v) is 2.32. The fourth-order valence-electron chi connectivity index (χ4n) is 2.32. The Kier molecular flexibility index (Phi) is 9.43. The minimum atomic E-state index is 0. The Morgan fingerprint density at radius 1 is 1.04 bits per heavy atom. The van der Waals surface area contributed by atoms with Crippen LogP contribution in [-0.2, 0) is 19.4 Å². The number of nitrogens with zero attached hydrogens (tertiary/aromatic N) is 1. The second kappa shape index (κ2) is 11.1. The van der Waals surface area contributed by atoms with Crippen LogP contribution in [0.4, 0.5) is 0 Å². The molecule has 1 heterocycles. The molecule has 0 fully saturated rings. The Morgan fingerprint density at radius 3 is 2.48 bits per heavy atom. The zero-order chi connectivity index (χ0) is 15.6. The average Bonchev–Trinajstić information content (AvgIpc) is 3.06. The van der Waals surface area contributed by atoms with Crippen LogP contribution in [0, 0.1) is 0 Å². The maximum atomic E-state index is 5.33. The fraction of sp³-hybridized carbons (Fsp3) is 0.389. The van der Waals surface area contributed by atoms with Gasteiger partial charge in [0.25, 0.3) is 0 Å². The third kappa shape index (κ3) is 6.64. The number of nitrogens with one attached hydrogen (secondary N) is 2. The Hall–Kier alpha value is -1.50. The first kappa shape index (κ1) is 19.5. The van der Waals surface area contributed by atoms with Crippen LogP contribution in [-0.4, -0.2) is 19.0 Å². The summed E-state index contributed by atoms with van der Waals surface area (Å²) in [7, 11) is 0. The molecule has 0 saturated carbocycles. The third-order valence-electron chi connectivity index (χ3n) is 3.49. The predicted octanol–water partition coefficient (Wildman–Crippen LogP) is 3.76. The SMILES string of the molecule is CCNC(=NCc1ccccc1CC)NCCc1ccco1.I. The molecule has 5 heteroatoms. The molecular weight excluding hydrogens is 401 g/mol. The van der Waals surface area contributed by atoms with E-state index < -0.39 is 0 Å². The van der Waals surface area contributed by atoms with Gasteiger partial charge in [0.1, 0.15) is 5.76 Å². The topological polar surface area (TPSA) is 49.6 Å². The number of hydrogen-bond donors (Lipinski definition) is 2. The summed E-state index contributed by atoms with van der Waals surface area (Å²) in [6.07, 6.45) is 3.59. The molecule has 1 aromatic carbocycles. The van der Waals surface area contributed by atoms with Gasteiger partial charge >= 0.3 is 0 Å². The van der Waals surface area contributed by atoms with Crippen molar-refractivity contribution in [2.24, 2.45) is 4.99 Å². The number of hydrogen-bond acceptors (Lipinski definition) is 2. The molecular formula is C18H26IN3O. The summed E-state index contributed by atoms with van der Waals surface area (Å²) < 4.78 is 5.33. The van der Waals surface area contributed by atoms with Crippen molar-refractivity contribution in [2.75, 3.05) is 13.1 Å². The highest BCUT2D eigenvalue weighted by molar-refractivity contribution is 14.0. The maximum Gasteiger partial charge on any atom is 0.191 e. The second-order valence-electron chi connectivity index (χ2n) is 5.07. The van der Waals surface area contributed by atoms with E-state index in [0.717, 1.165) is 37.7 Å². The summed E-state index contributed by atoms with van der Waals surface area (Å²) in [5.41, 5.74) is 2.64. The van der Waals surface area contributed by atoms with Crippen molar-refractivity contribution in [1.82, 2.24) is 10.6 Å². The molecule has 0 saturated heterocycles. The second-order valence-corrected chi connectivity index (χ2v) is 5.07. The van der Waals surface area contributed by atoms with E-state index in [9.17, 15) is 0 Å². The molecule has 0 spiro atoms. The van der Waals surface area contributed by atoms with Gasteiger partial charge in [0.2, 0.25) is 0 Å². The van der Waals surface area contributed by atoms with Crippen LogP contribution >= 0.6 is 24.0 Å². The summed E-state index contributed by atoms with van der Waals surface area (Å²) in [6, 6.07) is 12.4. The first-order chi connectivity index (χ1) is 10.8. The van der Waals surface area contributed by atoms with Gasteiger partial charge in [0.05, 0.1) is 12.8 Å². The summed E-state index contributed by atoms with van der Waals surface area (Å²) in [4.78, 5) is 4.67. The lowest BCUT2D eigenvalue weighted by atomic mass is 10.1. The van der Waals surface area contributed by atoms with Gasteiger partial charge in [0.15, 0.2) is 5.96 Å². The van der Waals surface area contributed by atoms with Crippen LogP contribution in [0.3, 0.4) is 0 Å². The first-order valence-corrected chi connectivity index (χ1v) is 7.94. The molecule has 126 valence electrons. The summed E-state index contributed by atoms with van der Waals surface area (Å²) in [6.45, 7) is 6.59. The number of furan rings is 1. The molecule has 0 aliphatic heterocycles. The Bertz CT molecular complexity index is 582. The zero-order valence-corrected chi connectivity index (χ0v) is 16.2. The predicted molar refractivity (Wildman–Crippen MR) is 106 cm³/mol. The van der Waals surface area contributed by atoms with Crippen molar-refractivity contribution in [1.29, 1.82) is 0 Å². The third-order valence-corrected chi connectivity index (χ3v) is 3.49. The molecule has 2 rings (SSSR count). The van der Waals surface area contributed by atoms with Crippen molar-refractivity contribution in [3.8, 4) is 0 Å². The van der Waals surface area contributed by atoms with Crippen LogP contribution in [0.5, 0.6) is 0 Å². The number of guanidine groups is 1. The minimum absolute atomic E-state index is 0. The number of aryl methyl sites for hydroxylation is 1. The molecule has 0 radical (unpaired) electrons. The lowest BCUT2D eigenvalue weighted by Gasteiger charge is -2.11. The quantitative estimate of drug-likeness (QED) is 0.402. The molecule has 2 N–H and O–H groups in total. The highest BCUT2D eigenvalue weighted by Crippen LogP contribution is 2.10. The Morgan fingerprint density at radius 2 is 1.83 bits per heavy atom. The van der Waals surface area contributed by atoms with E-state index in [0.29, 0.717) is 6.54 Å². The minimum Gasteiger partial charge on any atom is -0.469 e.